The van der Waals surface area contributed by atoms with E-state index in [2.05, 4.69) is 4.98 Å². The molecule has 1 fully saturated rings. The van der Waals surface area contributed by atoms with E-state index in [1.54, 1.807) is 48.8 Å². The number of rotatable bonds is 5. The molecule has 8 heteroatoms. The van der Waals surface area contributed by atoms with Crippen molar-refractivity contribution in [2.45, 2.75) is 12.6 Å². The Kier molecular flexibility index (Phi) is 5.29. The summed E-state index contributed by atoms with van der Waals surface area (Å²) in [5, 5.41) is 11.2. The van der Waals surface area contributed by atoms with Gasteiger partial charge in [0.05, 0.1) is 24.0 Å². The third-order valence-corrected chi connectivity index (χ3v) is 5.15. The summed E-state index contributed by atoms with van der Waals surface area (Å²) in [6.45, 7) is 0.129. The molecule has 0 spiro atoms. The number of aliphatic hydroxyl groups is 1. The van der Waals surface area contributed by atoms with Crippen LogP contribution in [0.3, 0.4) is 0 Å². The third-order valence-electron chi connectivity index (χ3n) is 4.85. The molecule has 0 saturated carbocycles. The average Bonchev–Trinajstić information content (AvgIpc) is 3.37. The Morgan fingerprint density at radius 3 is 2.73 bits per heavy atom. The Labute approximate surface area is 177 Å². The molecule has 0 bridgehead atoms. The van der Waals surface area contributed by atoms with Crippen molar-refractivity contribution < 1.29 is 23.8 Å². The number of likely N-dealkylation sites (tertiary alicyclic amines) is 1. The van der Waals surface area contributed by atoms with Crippen molar-refractivity contribution in [3.8, 4) is 5.75 Å². The molecule has 0 radical (unpaired) electrons. The summed E-state index contributed by atoms with van der Waals surface area (Å²) in [4.78, 5) is 31.2. The van der Waals surface area contributed by atoms with Crippen LogP contribution in [0.25, 0.3) is 5.76 Å². The molecule has 7 nitrogen and oxygen atoms in total. The van der Waals surface area contributed by atoms with Crippen molar-refractivity contribution in [3.05, 3.63) is 88.6 Å². The Balaban J connectivity index is 1.83. The molecule has 1 N–H and O–H groups in total. The Bertz CT molecular complexity index is 1130. The van der Waals surface area contributed by atoms with Gasteiger partial charge in [-0.05, 0) is 42.0 Å². The summed E-state index contributed by atoms with van der Waals surface area (Å²) in [5.74, 6) is -1.09. The first kappa shape index (κ1) is 19.7. The number of methoxy groups -OCH3 is 1. The number of hydrogen-bond acceptors (Lipinski definition) is 6. The van der Waals surface area contributed by atoms with Crippen LogP contribution in [0.1, 0.15) is 22.9 Å². The fourth-order valence-electron chi connectivity index (χ4n) is 3.44. The van der Waals surface area contributed by atoms with Gasteiger partial charge in [0.15, 0.2) is 0 Å². The standard InChI is InChI=1S/C22H17ClN2O5/c1-29-16-7-6-14(10-15(16)23)20(26)18-19(17-5-3-9-30-17)25(22(28)21(18)27)12-13-4-2-8-24-11-13/h2-11,19,26H,12H2,1H3/b20-18-. The van der Waals surface area contributed by atoms with E-state index in [1.165, 1.54) is 24.3 Å². The molecule has 1 saturated heterocycles. The van der Waals surface area contributed by atoms with Crippen LogP contribution in [0.15, 0.2) is 71.1 Å². The minimum atomic E-state index is -0.888. The molecule has 1 aliphatic heterocycles. The van der Waals surface area contributed by atoms with Gasteiger partial charge in [0.25, 0.3) is 11.7 Å². The second-order valence-corrected chi connectivity index (χ2v) is 7.06. The molecular formula is C22H17ClN2O5. The van der Waals surface area contributed by atoms with Gasteiger partial charge < -0.3 is 19.2 Å². The summed E-state index contributed by atoms with van der Waals surface area (Å²) in [5.41, 5.74) is 0.959. The molecule has 4 rings (SSSR count). The molecule has 1 amide bonds. The zero-order chi connectivity index (χ0) is 21.3. The van der Waals surface area contributed by atoms with Crippen molar-refractivity contribution in [2.75, 3.05) is 7.11 Å². The molecule has 1 aromatic carbocycles. The summed E-state index contributed by atoms with van der Waals surface area (Å²) in [7, 11) is 1.47. The van der Waals surface area contributed by atoms with Gasteiger partial charge in [0.2, 0.25) is 0 Å². The smallest absolute Gasteiger partial charge is 0.296 e. The van der Waals surface area contributed by atoms with Crippen LogP contribution in [-0.2, 0) is 16.1 Å². The maximum atomic E-state index is 12.9. The van der Waals surface area contributed by atoms with Crippen molar-refractivity contribution in [1.29, 1.82) is 0 Å². The van der Waals surface area contributed by atoms with E-state index in [-0.39, 0.29) is 28.5 Å². The van der Waals surface area contributed by atoms with Crippen molar-refractivity contribution in [1.82, 2.24) is 9.88 Å². The van der Waals surface area contributed by atoms with Gasteiger partial charge in [-0.25, -0.2) is 0 Å². The number of nitrogens with zero attached hydrogens (tertiary/aromatic N) is 2. The normalized spacial score (nSPS) is 18.1. The Morgan fingerprint density at radius 2 is 2.10 bits per heavy atom. The third kappa shape index (κ3) is 3.44. The van der Waals surface area contributed by atoms with Gasteiger partial charge in [-0.15, -0.1) is 0 Å². The molecule has 2 aromatic heterocycles. The van der Waals surface area contributed by atoms with Gasteiger partial charge in [0, 0.05) is 24.5 Å². The first-order chi connectivity index (χ1) is 14.5. The number of pyridine rings is 1. The molecule has 1 unspecified atom stereocenters. The van der Waals surface area contributed by atoms with Gasteiger partial charge in [-0.1, -0.05) is 17.7 Å². The number of furan rings is 1. The maximum absolute atomic E-state index is 12.9. The number of amides is 1. The quantitative estimate of drug-likeness (QED) is 0.378. The lowest BCUT2D eigenvalue weighted by atomic mass is 9.99. The molecule has 0 aliphatic carbocycles. The van der Waals surface area contributed by atoms with Crippen molar-refractivity contribution in [3.63, 3.8) is 0 Å². The van der Waals surface area contributed by atoms with Crippen LogP contribution in [0, 0.1) is 0 Å². The van der Waals surface area contributed by atoms with Crippen LogP contribution in [0.5, 0.6) is 5.75 Å². The number of halogens is 1. The number of carbonyl (C=O) groups excluding carboxylic acids is 2. The number of ether oxygens (including phenoxy) is 1. The number of Topliss-reactive ketones (excluding diaryl/α,β-unsaturated/α-hetero) is 1. The molecular weight excluding hydrogens is 408 g/mol. The molecule has 1 aliphatic rings. The molecule has 152 valence electrons. The topological polar surface area (TPSA) is 92.9 Å². The molecule has 3 aromatic rings. The number of aromatic nitrogens is 1. The number of aliphatic hydroxyl groups excluding tert-OH is 1. The lowest BCUT2D eigenvalue weighted by Crippen LogP contribution is -2.29. The maximum Gasteiger partial charge on any atom is 0.296 e. The number of hydrogen-bond donors (Lipinski definition) is 1. The zero-order valence-electron chi connectivity index (χ0n) is 15.9. The van der Waals surface area contributed by atoms with Crippen LogP contribution < -0.4 is 4.74 Å². The minimum Gasteiger partial charge on any atom is -0.507 e. The molecule has 30 heavy (non-hydrogen) atoms. The van der Waals surface area contributed by atoms with Gasteiger partial charge in [-0.2, -0.15) is 0 Å². The summed E-state index contributed by atoms with van der Waals surface area (Å²) >= 11 is 6.17. The first-order valence-corrected chi connectivity index (χ1v) is 9.43. The predicted molar refractivity (Wildman–Crippen MR) is 109 cm³/mol. The minimum absolute atomic E-state index is 0.0694. The van der Waals surface area contributed by atoms with Gasteiger partial charge in [-0.3, -0.25) is 14.6 Å². The lowest BCUT2D eigenvalue weighted by Gasteiger charge is -2.23. The zero-order valence-corrected chi connectivity index (χ0v) is 16.7. The van der Waals surface area contributed by atoms with Crippen molar-refractivity contribution in [2.24, 2.45) is 0 Å². The second kappa shape index (κ2) is 8.04. The largest absolute Gasteiger partial charge is 0.507 e. The van der Waals surface area contributed by atoms with E-state index in [0.717, 1.165) is 5.56 Å². The highest BCUT2D eigenvalue weighted by molar-refractivity contribution is 6.46. The van der Waals surface area contributed by atoms with E-state index in [9.17, 15) is 14.7 Å². The second-order valence-electron chi connectivity index (χ2n) is 6.65. The van der Waals surface area contributed by atoms with Crippen LogP contribution >= 0.6 is 11.6 Å². The molecule has 1 atom stereocenters. The van der Waals surface area contributed by atoms with E-state index in [1.807, 2.05) is 0 Å². The summed E-state index contributed by atoms with van der Waals surface area (Å²) < 4.78 is 10.6. The fraction of sp³-hybridized carbons (Fsp3) is 0.136. The van der Waals surface area contributed by atoms with E-state index < -0.39 is 17.7 Å². The average molecular weight is 425 g/mol. The lowest BCUT2D eigenvalue weighted by molar-refractivity contribution is -0.140. The fourth-order valence-corrected chi connectivity index (χ4v) is 3.70. The van der Waals surface area contributed by atoms with Gasteiger partial charge in [0.1, 0.15) is 23.3 Å². The summed E-state index contributed by atoms with van der Waals surface area (Å²) in [6.07, 6.45) is 4.68. The van der Waals surface area contributed by atoms with Gasteiger partial charge >= 0.3 is 0 Å². The number of carbonyl (C=O) groups is 2. The Hall–Kier alpha value is -3.58. The SMILES string of the molecule is COc1ccc(/C(O)=C2/C(=O)C(=O)N(Cc3cccnc3)C2c2ccco2)cc1Cl. The van der Waals surface area contributed by atoms with Crippen molar-refractivity contribution >= 4 is 29.1 Å². The first-order valence-electron chi connectivity index (χ1n) is 9.06. The monoisotopic (exact) mass is 424 g/mol. The van der Waals surface area contributed by atoms with E-state index in [0.29, 0.717) is 11.5 Å². The number of ketones is 1. The predicted octanol–water partition coefficient (Wildman–Crippen LogP) is 3.96. The highest BCUT2D eigenvalue weighted by atomic mass is 35.5. The Morgan fingerprint density at radius 1 is 1.27 bits per heavy atom. The molecule has 3 heterocycles. The van der Waals surface area contributed by atoms with Crippen LogP contribution in [0.4, 0.5) is 0 Å². The highest BCUT2D eigenvalue weighted by Gasteiger charge is 2.47. The highest BCUT2D eigenvalue weighted by Crippen LogP contribution is 2.41. The van der Waals surface area contributed by atoms with Crippen LogP contribution in [0.2, 0.25) is 5.02 Å². The number of benzene rings is 1. The summed E-state index contributed by atoms with van der Waals surface area (Å²) in [6, 6.07) is 10.6. The van der Waals surface area contributed by atoms with E-state index >= 15 is 0 Å². The van der Waals surface area contributed by atoms with E-state index in [4.69, 9.17) is 20.8 Å². The van der Waals surface area contributed by atoms with Crippen LogP contribution in [-0.4, -0.2) is 33.8 Å².